The topological polar surface area (TPSA) is 58.4 Å². The molecule has 22 heavy (non-hydrogen) atoms. The van der Waals surface area contributed by atoms with Crippen LogP contribution in [0, 0.1) is 5.92 Å². The van der Waals surface area contributed by atoms with Crippen LogP contribution in [0.4, 0.5) is 0 Å². The van der Waals surface area contributed by atoms with Gasteiger partial charge in [-0.05, 0) is 51.1 Å². The molecule has 2 rings (SSSR count). The Kier molecular flexibility index (Phi) is 8.34. The van der Waals surface area contributed by atoms with Gasteiger partial charge in [0.1, 0.15) is 0 Å². The molecule has 1 fully saturated rings. The number of rotatable bonds is 8. The third-order valence-electron chi connectivity index (χ3n) is 4.57. The van der Waals surface area contributed by atoms with Gasteiger partial charge in [-0.3, -0.25) is 4.79 Å². The molecule has 0 bridgehead atoms. The second kappa shape index (κ2) is 10.3. The van der Waals surface area contributed by atoms with Crippen molar-refractivity contribution in [3.63, 3.8) is 0 Å². The van der Waals surface area contributed by atoms with Gasteiger partial charge in [0.2, 0.25) is 5.91 Å². The molecule has 1 saturated heterocycles. The van der Waals surface area contributed by atoms with E-state index in [1.165, 1.54) is 19.3 Å². The molecule has 4 nitrogen and oxygen atoms in total. The Balaban J connectivity index is 1.48. The molecule has 1 aliphatic carbocycles. The molecule has 1 heterocycles. The molecule has 126 valence electrons. The van der Waals surface area contributed by atoms with Crippen molar-refractivity contribution in [2.45, 2.75) is 44.6 Å². The Morgan fingerprint density at radius 3 is 2.86 bits per heavy atom. The molecular weight excluding hydrogens is 294 g/mol. The number of hydrogen-bond acceptors (Lipinski definition) is 4. The fourth-order valence-corrected chi connectivity index (χ4v) is 4.01. The van der Waals surface area contributed by atoms with E-state index in [-0.39, 0.29) is 11.9 Å². The number of thioether (sulfide) groups is 1. The van der Waals surface area contributed by atoms with Crippen LogP contribution in [0.5, 0.6) is 0 Å². The zero-order chi connectivity index (χ0) is 15.6. The first-order chi connectivity index (χ1) is 10.8. The summed E-state index contributed by atoms with van der Waals surface area (Å²) in [5, 5.41) is 3.55. The molecule has 3 N–H and O–H groups in total. The molecule has 0 saturated carbocycles. The quantitative estimate of drug-likeness (QED) is 0.529. The van der Waals surface area contributed by atoms with Crippen molar-refractivity contribution in [2.24, 2.45) is 11.7 Å². The summed E-state index contributed by atoms with van der Waals surface area (Å²) in [5.74, 6) is 3.07. The number of amides is 1. The van der Waals surface area contributed by atoms with Gasteiger partial charge in [0.15, 0.2) is 0 Å². The van der Waals surface area contributed by atoms with E-state index in [0.717, 1.165) is 62.9 Å². The van der Waals surface area contributed by atoms with E-state index in [4.69, 9.17) is 5.73 Å². The van der Waals surface area contributed by atoms with Crippen LogP contribution >= 0.6 is 11.8 Å². The van der Waals surface area contributed by atoms with Crippen LogP contribution < -0.4 is 11.1 Å². The number of carbonyl (C=O) groups is 1. The fraction of sp³-hybridized carbons (Fsp3) is 0.824. The first-order valence-electron chi connectivity index (χ1n) is 8.75. The van der Waals surface area contributed by atoms with Gasteiger partial charge in [0.25, 0.3) is 0 Å². The van der Waals surface area contributed by atoms with Crippen molar-refractivity contribution in [3.8, 4) is 0 Å². The van der Waals surface area contributed by atoms with E-state index >= 15 is 0 Å². The smallest absolute Gasteiger partial charge is 0.239 e. The van der Waals surface area contributed by atoms with Crippen LogP contribution in [-0.4, -0.2) is 54.5 Å². The van der Waals surface area contributed by atoms with E-state index in [0.29, 0.717) is 0 Å². The molecular formula is C17H31N3OS. The monoisotopic (exact) mass is 325 g/mol. The Hall–Kier alpha value is -0.520. The van der Waals surface area contributed by atoms with E-state index in [9.17, 15) is 4.79 Å². The third kappa shape index (κ3) is 6.31. The zero-order valence-corrected chi connectivity index (χ0v) is 14.5. The largest absolute Gasteiger partial charge is 0.340 e. The van der Waals surface area contributed by atoms with Crippen molar-refractivity contribution in [2.75, 3.05) is 37.7 Å². The minimum absolute atomic E-state index is 0.155. The number of nitrogens with two attached hydrogens (primary N) is 1. The maximum atomic E-state index is 12.2. The van der Waals surface area contributed by atoms with Gasteiger partial charge in [0, 0.05) is 24.6 Å². The third-order valence-corrected chi connectivity index (χ3v) is 5.51. The summed E-state index contributed by atoms with van der Waals surface area (Å²) in [6.45, 7) is 3.91. The van der Waals surface area contributed by atoms with Crippen LogP contribution in [0.25, 0.3) is 0 Å². The Bertz CT molecular complexity index is 356. The summed E-state index contributed by atoms with van der Waals surface area (Å²) in [4.78, 5) is 14.1. The van der Waals surface area contributed by atoms with E-state index in [1.807, 2.05) is 16.7 Å². The molecule has 5 heteroatoms. The van der Waals surface area contributed by atoms with Crippen molar-refractivity contribution in [1.82, 2.24) is 10.2 Å². The van der Waals surface area contributed by atoms with Crippen LogP contribution in [0.1, 0.15) is 38.5 Å². The van der Waals surface area contributed by atoms with E-state index in [2.05, 4.69) is 17.5 Å². The van der Waals surface area contributed by atoms with Crippen LogP contribution in [0.3, 0.4) is 0 Å². The number of hydrogen-bond donors (Lipinski definition) is 2. The molecule has 1 amide bonds. The summed E-state index contributed by atoms with van der Waals surface area (Å²) >= 11 is 1.92. The fourth-order valence-electron chi connectivity index (χ4n) is 3.10. The maximum Gasteiger partial charge on any atom is 0.239 e. The zero-order valence-electron chi connectivity index (χ0n) is 13.6. The van der Waals surface area contributed by atoms with Crippen LogP contribution in [0.15, 0.2) is 12.2 Å². The highest BCUT2D eigenvalue weighted by Gasteiger charge is 2.22. The summed E-state index contributed by atoms with van der Waals surface area (Å²) < 4.78 is 0. The summed E-state index contributed by atoms with van der Waals surface area (Å²) in [5.41, 5.74) is 6.05. The Labute approximate surface area is 139 Å². The molecule has 0 aromatic carbocycles. The first-order valence-corrected chi connectivity index (χ1v) is 9.90. The van der Waals surface area contributed by atoms with Crippen molar-refractivity contribution >= 4 is 17.7 Å². The predicted octanol–water partition coefficient (Wildman–Crippen LogP) is 2.01. The lowest BCUT2D eigenvalue weighted by Crippen LogP contribution is -2.47. The second-order valence-electron chi connectivity index (χ2n) is 6.39. The minimum atomic E-state index is -0.299. The standard InChI is InChI=1S/C17H31N3OS/c18-16(17(21)20-10-12-22-13-11-20)8-4-5-9-19-14-15-6-2-1-3-7-15/h1-2,15-16,19H,3-14,18H2/t15?,16-/m0/s1. The van der Waals surface area contributed by atoms with Gasteiger partial charge in [-0.2, -0.15) is 11.8 Å². The van der Waals surface area contributed by atoms with E-state index < -0.39 is 0 Å². The van der Waals surface area contributed by atoms with Gasteiger partial charge in [-0.25, -0.2) is 0 Å². The lowest BCUT2D eigenvalue weighted by molar-refractivity contribution is -0.132. The average molecular weight is 326 g/mol. The van der Waals surface area contributed by atoms with E-state index in [1.54, 1.807) is 0 Å². The number of carbonyl (C=O) groups excluding carboxylic acids is 1. The summed E-state index contributed by atoms with van der Waals surface area (Å²) in [7, 11) is 0. The molecule has 1 aliphatic heterocycles. The number of nitrogens with zero attached hydrogens (tertiary/aromatic N) is 1. The highest BCUT2D eigenvalue weighted by molar-refractivity contribution is 7.99. The average Bonchev–Trinajstić information content (AvgIpc) is 2.58. The van der Waals surface area contributed by atoms with Gasteiger partial charge in [-0.1, -0.05) is 18.6 Å². The van der Waals surface area contributed by atoms with Gasteiger partial charge >= 0.3 is 0 Å². The highest BCUT2D eigenvalue weighted by Crippen LogP contribution is 2.17. The summed E-state index contributed by atoms with van der Waals surface area (Å²) in [6, 6.07) is -0.299. The number of allylic oxidation sites excluding steroid dienone is 2. The minimum Gasteiger partial charge on any atom is -0.340 e. The van der Waals surface area contributed by atoms with Gasteiger partial charge in [-0.15, -0.1) is 0 Å². The molecule has 0 radical (unpaired) electrons. The van der Waals surface area contributed by atoms with Crippen molar-refractivity contribution in [1.29, 1.82) is 0 Å². The molecule has 1 unspecified atom stereocenters. The number of unbranched alkanes of at least 4 members (excludes halogenated alkanes) is 1. The first kappa shape index (κ1) is 17.8. The lowest BCUT2D eigenvalue weighted by Gasteiger charge is -2.28. The van der Waals surface area contributed by atoms with Crippen molar-refractivity contribution < 1.29 is 4.79 Å². The van der Waals surface area contributed by atoms with Crippen LogP contribution in [-0.2, 0) is 4.79 Å². The lowest BCUT2D eigenvalue weighted by atomic mass is 9.94. The molecule has 0 aromatic rings. The van der Waals surface area contributed by atoms with Gasteiger partial charge < -0.3 is 16.0 Å². The van der Waals surface area contributed by atoms with Crippen molar-refractivity contribution in [3.05, 3.63) is 12.2 Å². The summed E-state index contributed by atoms with van der Waals surface area (Å²) in [6.07, 6.45) is 11.3. The molecule has 0 aromatic heterocycles. The Morgan fingerprint density at radius 2 is 2.14 bits per heavy atom. The molecule has 2 atom stereocenters. The Morgan fingerprint density at radius 1 is 1.32 bits per heavy atom. The SMILES string of the molecule is N[C@@H](CCCCNCC1CC=CCC1)C(=O)N1CCSCC1. The van der Waals surface area contributed by atoms with Gasteiger partial charge in [0.05, 0.1) is 6.04 Å². The molecule has 2 aliphatic rings. The highest BCUT2D eigenvalue weighted by atomic mass is 32.2. The van der Waals surface area contributed by atoms with Crippen LogP contribution in [0.2, 0.25) is 0 Å². The second-order valence-corrected chi connectivity index (χ2v) is 7.62. The number of nitrogens with one attached hydrogen (secondary N) is 1. The molecule has 0 spiro atoms. The predicted molar refractivity (Wildman–Crippen MR) is 95.1 cm³/mol. The normalized spacial score (nSPS) is 23.5. The maximum absolute atomic E-state index is 12.2.